The Morgan fingerprint density at radius 3 is 2.28 bits per heavy atom. The molecule has 5 heteroatoms. The van der Waals surface area contributed by atoms with Gasteiger partial charge in [-0.2, -0.15) is 0 Å². The molecule has 1 fully saturated rings. The first kappa shape index (κ1) is 20.1. The quantitative estimate of drug-likeness (QED) is 0.464. The number of hydrogen-bond donors (Lipinski definition) is 0. The van der Waals surface area contributed by atoms with Crippen molar-refractivity contribution in [2.75, 3.05) is 31.1 Å². The van der Waals surface area contributed by atoms with E-state index >= 15 is 0 Å². The monoisotopic (exact) mass is 423 g/mol. The number of anilines is 1. The Morgan fingerprint density at radius 1 is 0.781 bits per heavy atom. The summed E-state index contributed by atoms with van der Waals surface area (Å²) in [5.41, 5.74) is 3.73. The Morgan fingerprint density at radius 2 is 1.50 bits per heavy atom. The third kappa shape index (κ3) is 4.42. The minimum atomic E-state index is 0.0699. The fraction of sp³-hybridized carbons (Fsp3) is 0.185. The molecule has 4 aromatic rings. The van der Waals surface area contributed by atoms with E-state index in [2.05, 4.69) is 28.1 Å². The highest BCUT2D eigenvalue weighted by Gasteiger charge is 2.22. The van der Waals surface area contributed by atoms with E-state index in [1.165, 1.54) is 5.69 Å². The molecule has 1 saturated heterocycles. The van der Waals surface area contributed by atoms with E-state index in [1.54, 1.807) is 0 Å². The number of aromatic nitrogens is 1. The molecule has 5 rings (SSSR count). The van der Waals surface area contributed by atoms with Gasteiger partial charge in [0.15, 0.2) is 0 Å². The van der Waals surface area contributed by atoms with Crippen LogP contribution in [0.2, 0.25) is 0 Å². The number of pyridine rings is 1. The van der Waals surface area contributed by atoms with Crippen molar-refractivity contribution in [3.05, 3.63) is 102 Å². The molecule has 0 N–H and O–H groups in total. The van der Waals surface area contributed by atoms with Crippen LogP contribution in [-0.2, 0) is 6.61 Å². The molecule has 0 aliphatic carbocycles. The van der Waals surface area contributed by atoms with E-state index in [0.717, 1.165) is 48.5 Å². The third-order valence-corrected chi connectivity index (χ3v) is 5.83. The molecule has 0 spiro atoms. The lowest BCUT2D eigenvalue weighted by Crippen LogP contribution is -2.48. The summed E-state index contributed by atoms with van der Waals surface area (Å²) in [5.74, 6) is 0.797. The Labute approximate surface area is 187 Å². The second-order valence-corrected chi connectivity index (χ2v) is 7.92. The number of fused-ring (bicyclic) bond motifs is 1. The number of carbonyl (C=O) groups excluding carboxylic acids is 1. The molecule has 0 radical (unpaired) electrons. The molecule has 1 aliphatic heterocycles. The summed E-state index contributed by atoms with van der Waals surface area (Å²) in [5, 5.41) is 1.11. The van der Waals surface area contributed by atoms with Gasteiger partial charge in [0.05, 0.1) is 11.2 Å². The van der Waals surface area contributed by atoms with Crippen LogP contribution in [0.3, 0.4) is 0 Å². The second-order valence-electron chi connectivity index (χ2n) is 7.92. The Hall–Kier alpha value is -3.86. The van der Waals surface area contributed by atoms with Gasteiger partial charge in [0.2, 0.25) is 0 Å². The van der Waals surface area contributed by atoms with Crippen LogP contribution >= 0.6 is 0 Å². The maximum Gasteiger partial charge on any atom is 0.253 e. The van der Waals surface area contributed by atoms with Crippen molar-refractivity contribution in [2.24, 2.45) is 0 Å². The maximum atomic E-state index is 12.9. The smallest absolute Gasteiger partial charge is 0.253 e. The minimum Gasteiger partial charge on any atom is -0.487 e. The number of piperazine rings is 1. The van der Waals surface area contributed by atoms with E-state index < -0.39 is 0 Å². The van der Waals surface area contributed by atoms with E-state index in [-0.39, 0.29) is 5.91 Å². The molecule has 0 unspecified atom stereocenters. The molecule has 0 saturated carbocycles. The molecular formula is C27H25N3O2. The molecule has 1 amide bonds. The number of carbonyl (C=O) groups is 1. The molecule has 32 heavy (non-hydrogen) atoms. The fourth-order valence-corrected chi connectivity index (χ4v) is 4.03. The summed E-state index contributed by atoms with van der Waals surface area (Å²) < 4.78 is 5.89. The average molecular weight is 424 g/mol. The molecule has 1 aliphatic rings. The van der Waals surface area contributed by atoms with Gasteiger partial charge in [-0.15, -0.1) is 0 Å². The van der Waals surface area contributed by atoms with Crippen LogP contribution in [0.25, 0.3) is 10.9 Å². The topological polar surface area (TPSA) is 45.7 Å². The number of para-hydroxylation sites is 2. The van der Waals surface area contributed by atoms with Gasteiger partial charge in [0.1, 0.15) is 12.4 Å². The summed E-state index contributed by atoms with van der Waals surface area (Å²) in [4.78, 5) is 21.8. The number of nitrogens with zero attached hydrogens (tertiary/aromatic N) is 3. The van der Waals surface area contributed by atoms with E-state index in [1.807, 2.05) is 77.7 Å². The zero-order chi connectivity index (χ0) is 21.8. The zero-order valence-electron chi connectivity index (χ0n) is 17.9. The third-order valence-electron chi connectivity index (χ3n) is 5.83. The number of benzene rings is 3. The summed E-state index contributed by atoms with van der Waals surface area (Å²) in [6, 6.07) is 29.8. The highest BCUT2D eigenvalue weighted by Crippen LogP contribution is 2.19. The van der Waals surface area contributed by atoms with Crippen LogP contribution < -0.4 is 9.64 Å². The molecule has 160 valence electrons. The highest BCUT2D eigenvalue weighted by atomic mass is 16.5. The SMILES string of the molecule is O=C(c1ccc(OCc2ccc3ccccc3n2)cc1)N1CCN(c2ccccc2)CC1. The predicted molar refractivity (Wildman–Crippen MR) is 127 cm³/mol. The van der Waals surface area contributed by atoms with Crippen molar-refractivity contribution in [1.29, 1.82) is 0 Å². The van der Waals surface area contributed by atoms with Crippen molar-refractivity contribution in [3.63, 3.8) is 0 Å². The first-order chi connectivity index (χ1) is 15.8. The van der Waals surface area contributed by atoms with Crippen LogP contribution in [0.5, 0.6) is 5.75 Å². The Balaban J connectivity index is 1.17. The average Bonchev–Trinajstić information content (AvgIpc) is 2.88. The van der Waals surface area contributed by atoms with Gasteiger partial charge >= 0.3 is 0 Å². The first-order valence-electron chi connectivity index (χ1n) is 10.9. The van der Waals surface area contributed by atoms with Gasteiger partial charge in [-0.3, -0.25) is 4.79 Å². The van der Waals surface area contributed by atoms with Crippen molar-refractivity contribution < 1.29 is 9.53 Å². The van der Waals surface area contributed by atoms with E-state index in [9.17, 15) is 4.79 Å². The zero-order valence-corrected chi connectivity index (χ0v) is 17.9. The van der Waals surface area contributed by atoms with Gasteiger partial charge < -0.3 is 14.5 Å². The van der Waals surface area contributed by atoms with Crippen molar-refractivity contribution in [3.8, 4) is 5.75 Å². The molecule has 5 nitrogen and oxygen atoms in total. The number of ether oxygens (including phenoxy) is 1. The Bertz CT molecular complexity index is 1200. The van der Waals surface area contributed by atoms with Gasteiger partial charge in [0.25, 0.3) is 5.91 Å². The van der Waals surface area contributed by atoms with Crippen LogP contribution in [0.4, 0.5) is 5.69 Å². The lowest BCUT2D eigenvalue weighted by atomic mass is 10.1. The summed E-state index contributed by atoms with van der Waals surface area (Å²) in [6.45, 7) is 3.52. The van der Waals surface area contributed by atoms with E-state index in [4.69, 9.17) is 4.74 Å². The van der Waals surface area contributed by atoms with Crippen LogP contribution in [0, 0.1) is 0 Å². The lowest BCUT2D eigenvalue weighted by molar-refractivity contribution is 0.0746. The van der Waals surface area contributed by atoms with Gasteiger partial charge in [-0.1, -0.05) is 42.5 Å². The second kappa shape index (κ2) is 9.10. The molecule has 1 aromatic heterocycles. The normalized spacial score (nSPS) is 13.9. The molecule has 0 bridgehead atoms. The van der Waals surface area contributed by atoms with Crippen LogP contribution in [0.1, 0.15) is 16.1 Å². The molecule has 0 atom stereocenters. The lowest BCUT2D eigenvalue weighted by Gasteiger charge is -2.36. The maximum absolute atomic E-state index is 12.9. The van der Waals surface area contributed by atoms with Crippen molar-refractivity contribution in [1.82, 2.24) is 9.88 Å². The van der Waals surface area contributed by atoms with Crippen LogP contribution in [-0.4, -0.2) is 42.0 Å². The summed E-state index contributed by atoms with van der Waals surface area (Å²) in [6.07, 6.45) is 0. The number of hydrogen-bond acceptors (Lipinski definition) is 4. The van der Waals surface area contributed by atoms with Crippen molar-refractivity contribution in [2.45, 2.75) is 6.61 Å². The predicted octanol–water partition coefficient (Wildman–Crippen LogP) is 4.78. The first-order valence-corrected chi connectivity index (χ1v) is 10.9. The standard InChI is InChI=1S/C27H25N3O2/c31-27(30-18-16-29(17-19-30)24-7-2-1-3-8-24)22-11-14-25(15-12-22)32-20-23-13-10-21-6-4-5-9-26(21)28-23/h1-15H,16-20H2. The summed E-state index contributed by atoms with van der Waals surface area (Å²) in [7, 11) is 0. The van der Waals surface area contributed by atoms with Gasteiger partial charge in [0, 0.05) is 42.8 Å². The largest absolute Gasteiger partial charge is 0.487 e. The van der Waals surface area contributed by atoms with Gasteiger partial charge in [-0.25, -0.2) is 4.98 Å². The Kier molecular flexibility index (Phi) is 5.71. The molecule has 3 aromatic carbocycles. The van der Waals surface area contributed by atoms with Gasteiger partial charge in [-0.05, 0) is 48.5 Å². The highest BCUT2D eigenvalue weighted by molar-refractivity contribution is 5.94. The van der Waals surface area contributed by atoms with Crippen LogP contribution in [0.15, 0.2) is 91.0 Å². The number of amides is 1. The summed E-state index contributed by atoms with van der Waals surface area (Å²) >= 11 is 0. The molecular weight excluding hydrogens is 398 g/mol. The number of rotatable bonds is 5. The van der Waals surface area contributed by atoms with Crippen molar-refractivity contribution >= 4 is 22.5 Å². The minimum absolute atomic E-state index is 0.0699. The van der Waals surface area contributed by atoms with E-state index in [0.29, 0.717) is 12.2 Å². The molecule has 2 heterocycles. The fourth-order valence-electron chi connectivity index (χ4n) is 4.03.